The van der Waals surface area contributed by atoms with Gasteiger partial charge in [0, 0.05) is 150 Å². The molecular weight excluding hydrogens is 1620 g/mol. The average molecular weight is 1720 g/mol. The highest BCUT2D eigenvalue weighted by Crippen LogP contribution is 2.41. The van der Waals surface area contributed by atoms with E-state index in [9.17, 15) is 33.9 Å². The number of allylic oxidation sites excluding steroid dienone is 6. The highest BCUT2D eigenvalue weighted by atomic mass is 19.1. The number of rotatable bonds is 10. The van der Waals surface area contributed by atoms with Crippen molar-refractivity contribution < 1.29 is 38.1 Å². The van der Waals surface area contributed by atoms with E-state index in [1.165, 1.54) is 24.4 Å². The quantitative estimate of drug-likeness (QED) is 0.0926. The van der Waals surface area contributed by atoms with Gasteiger partial charge in [0.2, 0.25) is 17.8 Å². The molecule has 127 heavy (non-hydrogen) atoms. The molecule has 12 aromatic rings. The minimum atomic E-state index is -0.322. The number of carbonyl (C=O) groups excluding carboxylic acids is 3. The molecule has 4 saturated heterocycles. The minimum Gasteiger partial charge on any atom is -0.482 e. The Labute approximate surface area is 728 Å². The molecule has 22 rings (SSSR count). The summed E-state index contributed by atoms with van der Waals surface area (Å²) in [5.41, 5.74) is 10.6. The Bertz CT molecular complexity index is 6590. The second kappa shape index (κ2) is 34.5. The SMILES string of the molecule is CN1CC2CC1CN2c1ccc(Nc2ncc3c(=O)n4n(c3n2)-c2ccc3c(c2)N(CCCC=CC4)C(=O)CO3)cc1.CN1CCN(c2ccc(Nc3ncc4c(=O)n5n(c4n3)-c3ccc4c(c3)N(CCCC=CC5)C(=O)CO4)cc2CO)CC1.CN1CCN(c2ccc(Nc3ncc4c(=O)n5n(c4n3)-c3ccc4c(c3)N(CCCC=CC5)C(=O)CO4)cc2F)CC1. The number of ether oxygens (including phenoxy) is 3. The molecule has 6 aromatic carbocycles. The van der Waals surface area contributed by atoms with Gasteiger partial charge in [0.05, 0.1) is 66.1 Å². The number of nitrogens with zero attached hydrogens (tertiary/aromatic N) is 21. The van der Waals surface area contributed by atoms with Crippen molar-refractivity contribution in [1.82, 2.24) is 72.7 Å². The molecule has 4 N–H and O–H groups in total. The number of hydrogen-bond donors (Lipinski definition) is 4. The van der Waals surface area contributed by atoms with Crippen LogP contribution in [0.5, 0.6) is 17.2 Å². The molecular formula is C92H97FN24O10. The first-order valence-electron chi connectivity index (χ1n) is 43.4. The summed E-state index contributed by atoms with van der Waals surface area (Å²) in [6.07, 6.45) is 22.7. The van der Waals surface area contributed by atoms with Crippen LogP contribution in [0.1, 0.15) is 50.5 Å². The van der Waals surface area contributed by atoms with Crippen LogP contribution in [-0.4, -0.2) is 234 Å². The molecule has 16 heterocycles. The zero-order valence-corrected chi connectivity index (χ0v) is 70.8. The number of piperazine rings is 3. The summed E-state index contributed by atoms with van der Waals surface area (Å²) in [5, 5.41) is 21.0. The number of aliphatic hydroxyl groups is 1. The van der Waals surface area contributed by atoms with Gasteiger partial charge in [-0.25, -0.2) is 47.4 Å². The summed E-state index contributed by atoms with van der Waals surface area (Å²) >= 11 is 0. The maximum atomic E-state index is 15.1. The fourth-order valence-corrected chi connectivity index (χ4v) is 18.6. The number of aromatic nitrogens is 12. The lowest BCUT2D eigenvalue weighted by atomic mass is 10.1. The lowest BCUT2D eigenvalue weighted by molar-refractivity contribution is -0.122. The van der Waals surface area contributed by atoms with Crippen molar-refractivity contribution in [2.24, 2.45) is 0 Å². The average Bonchev–Trinajstić information content (AvgIpc) is 1.62. The fourth-order valence-electron chi connectivity index (χ4n) is 18.6. The van der Waals surface area contributed by atoms with Gasteiger partial charge in [-0.2, -0.15) is 15.0 Å². The first kappa shape index (κ1) is 81.3. The zero-order valence-electron chi connectivity index (χ0n) is 70.8. The van der Waals surface area contributed by atoms with E-state index in [2.05, 4.69) is 112 Å². The molecule has 10 aliphatic rings. The topological polar surface area (TPSA) is 323 Å². The summed E-state index contributed by atoms with van der Waals surface area (Å²) in [5.74, 6) is 2.29. The molecule has 0 spiro atoms. The number of likely N-dealkylation sites (N-methyl/N-ethyl adjacent to an activating group) is 3. The van der Waals surface area contributed by atoms with E-state index in [1.807, 2.05) is 108 Å². The number of fused-ring (bicyclic) bond motifs is 17. The number of halogens is 1. The molecule has 8 bridgehead atoms. The molecule has 0 aliphatic carbocycles. The standard InChI is InChI=1S/C31H34N8O4.C31H32N8O3.C30H31FN8O3/c1-35-12-14-36(15-13-35)25-8-6-22(16-21(25)19-40)33-31-32-18-24-29(34-31)39-23-7-9-27-26(17-23)37(28(41)20-43-27)10-4-2-3-5-11-38(39)30(24)42;1-35-17-24-14-23(35)18-37(24)21-8-6-20(7-9-21)33-31-32-16-25-29(34-31)39-22-10-11-27-26(15-22)36(28(40)19-42-27)12-4-2-3-5-13-38(39)30(25)41;1-35-12-14-36(15-13-35)24-8-6-20(16-23(24)31)33-30-32-18-22-28(34-30)39-21-7-9-26-25(17-21)37(27(40)19-42-26)10-4-2-3-5-11-38(39)29(22)41/h3,5-9,16-18,40H,2,4,10-15,19-20H2,1H3,(H,32,33,34);3,5-11,15-16,23-24H,2,4,12-14,17-19H2,1H3,(H,32,33,34);3,5-9,16-18H,2,4,10-15,19H2,1H3,(H,32,33,34). The molecule has 652 valence electrons. The van der Waals surface area contributed by atoms with Crippen molar-refractivity contribution in [3.05, 3.63) is 213 Å². The summed E-state index contributed by atoms with van der Waals surface area (Å²) in [7, 11) is 6.39. The Morgan fingerprint density at radius 3 is 1.19 bits per heavy atom. The number of likely N-dealkylation sites (tertiary alicyclic amines) is 1. The highest BCUT2D eigenvalue weighted by molar-refractivity contribution is 6.00. The van der Waals surface area contributed by atoms with Gasteiger partial charge >= 0.3 is 0 Å². The van der Waals surface area contributed by atoms with E-state index in [1.54, 1.807) is 62.6 Å². The van der Waals surface area contributed by atoms with Crippen LogP contribution < -0.4 is 76.2 Å². The zero-order chi connectivity index (χ0) is 86.7. The fraction of sp³-hybridized carbons (Fsp3) is 0.348. The van der Waals surface area contributed by atoms with Gasteiger partial charge in [-0.05, 0) is 181 Å². The Kier molecular flexibility index (Phi) is 22.1. The molecule has 4 fully saturated rings. The third-order valence-electron chi connectivity index (χ3n) is 25.4. The van der Waals surface area contributed by atoms with Gasteiger partial charge in [0.25, 0.3) is 34.4 Å². The minimum absolute atomic E-state index is 0.00144. The molecule has 0 radical (unpaired) electrons. The van der Waals surface area contributed by atoms with Gasteiger partial charge in [-0.15, -0.1) is 0 Å². The van der Waals surface area contributed by atoms with Gasteiger partial charge in [0.15, 0.2) is 36.8 Å². The summed E-state index contributed by atoms with van der Waals surface area (Å²) in [6, 6.07) is 37.3. The van der Waals surface area contributed by atoms with E-state index < -0.39 is 0 Å². The molecule has 34 nitrogen and oxygen atoms in total. The Hall–Kier alpha value is -14.0. The number of nitrogens with one attached hydrogen (secondary N) is 3. The van der Waals surface area contributed by atoms with E-state index in [-0.39, 0.29) is 72.6 Å². The molecule has 2 atom stereocenters. The monoisotopic (exact) mass is 1720 g/mol. The third kappa shape index (κ3) is 15.9. The summed E-state index contributed by atoms with van der Waals surface area (Å²) in [6.45, 7) is 12.0. The van der Waals surface area contributed by atoms with Crippen molar-refractivity contribution >= 4 is 120 Å². The number of amides is 3. The van der Waals surface area contributed by atoms with E-state index in [0.717, 1.165) is 132 Å². The van der Waals surface area contributed by atoms with E-state index >= 15 is 4.39 Å². The van der Waals surface area contributed by atoms with Gasteiger partial charge < -0.3 is 74.5 Å². The first-order chi connectivity index (χ1) is 62.0. The predicted molar refractivity (Wildman–Crippen MR) is 485 cm³/mol. The van der Waals surface area contributed by atoms with Gasteiger partial charge in [0.1, 0.15) is 39.2 Å². The van der Waals surface area contributed by atoms with E-state index in [4.69, 9.17) is 29.2 Å². The maximum absolute atomic E-state index is 15.1. The Morgan fingerprint density at radius 2 is 0.795 bits per heavy atom. The molecule has 2 unspecified atom stereocenters. The summed E-state index contributed by atoms with van der Waals surface area (Å²) < 4.78 is 42.5. The van der Waals surface area contributed by atoms with Crippen LogP contribution in [0.2, 0.25) is 0 Å². The van der Waals surface area contributed by atoms with Crippen molar-refractivity contribution in [3.8, 4) is 34.3 Å². The van der Waals surface area contributed by atoms with Crippen LogP contribution in [0.3, 0.4) is 0 Å². The summed E-state index contributed by atoms with van der Waals surface area (Å²) in [4.78, 5) is 126. The van der Waals surface area contributed by atoms with Crippen LogP contribution in [0.4, 0.5) is 73.4 Å². The van der Waals surface area contributed by atoms with Crippen molar-refractivity contribution in [3.63, 3.8) is 0 Å². The smallest absolute Gasteiger partial charge is 0.278 e. The number of carbonyl (C=O) groups is 3. The lowest BCUT2D eigenvalue weighted by Gasteiger charge is -2.35. The number of hydrogen-bond acceptors (Lipinski definition) is 25. The first-order valence-corrected chi connectivity index (χ1v) is 43.4. The Balaban J connectivity index is 0.000000120. The maximum Gasteiger partial charge on any atom is 0.278 e. The largest absolute Gasteiger partial charge is 0.482 e. The third-order valence-corrected chi connectivity index (χ3v) is 25.4. The second-order valence-corrected chi connectivity index (χ2v) is 33.5. The van der Waals surface area contributed by atoms with Crippen LogP contribution in [0, 0.1) is 5.82 Å². The number of aliphatic hydroxyl groups excluding tert-OH is 1. The number of anilines is 12. The second-order valence-electron chi connectivity index (χ2n) is 33.5. The molecule has 10 aliphatic heterocycles. The van der Waals surface area contributed by atoms with E-state index in [0.29, 0.717) is 153 Å². The molecule has 6 aromatic heterocycles. The van der Waals surface area contributed by atoms with Crippen molar-refractivity contribution in [2.45, 2.75) is 83.3 Å². The molecule has 3 amide bonds. The van der Waals surface area contributed by atoms with Gasteiger partial charge in [-0.3, -0.25) is 33.7 Å². The van der Waals surface area contributed by atoms with Crippen molar-refractivity contribution in [2.75, 3.05) is 171 Å². The van der Waals surface area contributed by atoms with Crippen LogP contribution in [0.25, 0.3) is 50.2 Å². The van der Waals surface area contributed by atoms with Crippen LogP contribution >= 0.6 is 0 Å². The lowest BCUT2D eigenvalue weighted by Crippen LogP contribution is -2.44. The molecule has 0 saturated carbocycles. The predicted octanol–water partition coefficient (Wildman–Crippen LogP) is 9.23. The normalized spacial score (nSPS) is 18.8. The number of benzene rings is 6. The Morgan fingerprint density at radius 1 is 0.409 bits per heavy atom. The molecule has 35 heteroatoms. The van der Waals surface area contributed by atoms with Crippen LogP contribution in [0.15, 0.2) is 185 Å². The van der Waals surface area contributed by atoms with Gasteiger partial charge in [-0.1, -0.05) is 36.5 Å². The highest BCUT2D eigenvalue weighted by Gasteiger charge is 2.42. The van der Waals surface area contributed by atoms with Crippen molar-refractivity contribution in [1.29, 1.82) is 0 Å². The van der Waals surface area contributed by atoms with Crippen LogP contribution in [-0.2, 0) is 40.6 Å².